The maximum atomic E-state index is 12.2. The summed E-state index contributed by atoms with van der Waals surface area (Å²) in [5.41, 5.74) is 1.12. The molecule has 1 aliphatic heterocycles. The smallest absolute Gasteiger partial charge is 0.264 e. The molecule has 1 saturated heterocycles. The summed E-state index contributed by atoms with van der Waals surface area (Å²) in [6.07, 6.45) is 0.141. The Morgan fingerprint density at radius 1 is 1.69 bits per heavy atom. The van der Waals surface area contributed by atoms with Gasteiger partial charge in [0.25, 0.3) is 5.91 Å². The lowest BCUT2D eigenvalue weighted by Crippen LogP contribution is -2.44. The largest absolute Gasteiger partial charge is 0.375 e. The summed E-state index contributed by atoms with van der Waals surface area (Å²) in [6.45, 7) is 6.01. The summed E-state index contributed by atoms with van der Waals surface area (Å²) in [5, 5.41) is 0. The molecule has 1 unspecified atom stereocenters. The molecule has 1 aromatic rings. The number of halogens is 1. The molecule has 0 N–H and O–H groups in total. The van der Waals surface area contributed by atoms with Crippen LogP contribution in [0.5, 0.6) is 0 Å². The highest BCUT2D eigenvalue weighted by Crippen LogP contribution is 2.28. The van der Waals surface area contributed by atoms with Crippen molar-refractivity contribution in [1.29, 1.82) is 0 Å². The lowest BCUT2D eigenvalue weighted by Gasteiger charge is -2.30. The van der Waals surface area contributed by atoms with Gasteiger partial charge in [-0.1, -0.05) is 0 Å². The number of rotatable bonds is 1. The molecule has 2 rings (SSSR count). The van der Waals surface area contributed by atoms with Gasteiger partial charge in [-0.15, -0.1) is 11.3 Å². The Labute approximate surface area is 108 Å². The van der Waals surface area contributed by atoms with E-state index in [1.165, 1.54) is 11.3 Å². The van der Waals surface area contributed by atoms with Crippen LogP contribution in [-0.2, 0) is 4.74 Å². The molecule has 0 aromatic carbocycles. The average molecular weight is 304 g/mol. The number of amides is 1. The summed E-state index contributed by atoms with van der Waals surface area (Å²) in [4.78, 5) is 14.8. The maximum absolute atomic E-state index is 12.2. The van der Waals surface area contributed by atoms with Crippen LogP contribution < -0.4 is 0 Å². The monoisotopic (exact) mass is 303 g/mol. The van der Waals surface area contributed by atoms with Gasteiger partial charge in [0, 0.05) is 13.1 Å². The summed E-state index contributed by atoms with van der Waals surface area (Å²) >= 11 is 4.95. The predicted octanol–water partition coefficient (Wildman–Crippen LogP) is 2.68. The molecule has 2 heterocycles. The van der Waals surface area contributed by atoms with Crippen molar-refractivity contribution in [2.75, 3.05) is 19.7 Å². The number of carbonyl (C=O) groups is 1. The fourth-order valence-corrected chi connectivity index (χ4v) is 3.23. The molecule has 1 aromatic heterocycles. The van der Waals surface area contributed by atoms with Crippen molar-refractivity contribution in [2.24, 2.45) is 0 Å². The highest BCUT2D eigenvalue weighted by Gasteiger charge is 2.23. The van der Waals surface area contributed by atoms with Crippen molar-refractivity contribution in [3.63, 3.8) is 0 Å². The molecular formula is C11H14BrNO2S. The minimum absolute atomic E-state index is 0.119. The van der Waals surface area contributed by atoms with Crippen molar-refractivity contribution in [3.05, 3.63) is 20.3 Å². The summed E-state index contributed by atoms with van der Waals surface area (Å²) < 4.78 is 6.46. The van der Waals surface area contributed by atoms with Gasteiger partial charge in [0.15, 0.2) is 0 Å². The molecule has 0 bridgehead atoms. The fourth-order valence-electron chi connectivity index (χ4n) is 1.72. The van der Waals surface area contributed by atoms with Crippen molar-refractivity contribution >= 4 is 33.2 Å². The highest BCUT2D eigenvalue weighted by atomic mass is 79.9. The minimum Gasteiger partial charge on any atom is -0.375 e. The topological polar surface area (TPSA) is 29.5 Å². The predicted molar refractivity (Wildman–Crippen MR) is 68.1 cm³/mol. The number of carbonyl (C=O) groups excluding carboxylic acids is 1. The van der Waals surface area contributed by atoms with E-state index in [4.69, 9.17) is 4.74 Å². The number of hydrogen-bond acceptors (Lipinski definition) is 3. The van der Waals surface area contributed by atoms with E-state index in [1.807, 2.05) is 24.8 Å². The zero-order valence-corrected chi connectivity index (χ0v) is 11.7. The Morgan fingerprint density at radius 2 is 2.44 bits per heavy atom. The second-order valence-electron chi connectivity index (χ2n) is 4.00. The molecule has 1 atom stereocenters. The van der Waals surface area contributed by atoms with Gasteiger partial charge >= 0.3 is 0 Å². The maximum Gasteiger partial charge on any atom is 0.264 e. The number of thiophene rings is 1. The Hall–Kier alpha value is -0.390. The Balaban J connectivity index is 2.12. The molecule has 1 amide bonds. The standard InChI is InChI=1S/C11H14BrNO2S/c1-7-5-9(16-10(7)12)11(14)13-3-4-15-8(2)6-13/h5,8H,3-4,6H2,1-2H3. The van der Waals surface area contributed by atoms with E-state index in [1.54, 1.807) is 0 Å². The molecule has 1 aliphatic rings. The molecule has 3 nitrogen and oxygen atoms in total. The normalized spacial score (nSPS) is 21.2. The van der Waals surface area contributed by atoms with Crippen LogP contribution in [0.2, 0.25) is 0 Å². The number of ether oxygens (including phenoxy) is 1. The van der Waals surface area contributed by atoms with Crippen LogP contribution in [0.15, 0.2) is 9.85 Å². The third-order valence-corrected chi connectivity index (χ3v) is 4.72. The lowest BCUT2D eigenvalue weighted by molar-refractivity contribution is -0.0122. The highest BCUT2D eigenvalue weighted by molar-refractivity contribution is 9.11. The SMILES string of the molecule is Cc1cc(C(=O)N2CCOC(C)C2)sc1Br. The van der Waals surface area contributed by atoms with Crippen LogP contribution in [0.1, 0.15) is 22.2 Å². The molecule has 0 saturated carbocycles. The van der Waals surface area contributed by atoms with Crippen LogP contribution >= 0.6 is 27.3 Å². The van der Waals surface area contributed by atoms with Gasteiger partial charge in [-0.3, -0.25) is 4.79 Å². The molecule has 5 heteroatoms. The Bertz CT molecular complexity index is 385. The fraction of sp³-hybridized carbons (Fsp3) is 0.545. The van der Waals surface area contributed by atoms with Gasteiger partial charge in [0.1, 0.15) is 0 Å². The number of morpholine rings is 1. The Kier molecular flexibility index (Phi) is 3.66. The van der Waals surface area contributed by atoms with Gasteiger partial charge in [-0.2, -0.15) is 0 Å². The molecular weight excluding hydrogens is 290 g/mol. The van der Waals surface area contributed by atoms with Gasteiger partial charge in [-0.05, 0) is 41.4 Å². The minimum atomic E-state index is 0.119. The molecule has 88 valence electrons. The van der Waals surface area contributed by atoms with Crippen LogP contribution in [-0.4, -0.2) is 36.6 Å². The molecule has 1 fully saturated rings. The van der Waals surface area contributed by atoms with E-state index in [2.05, 4.69) is 15.9 Å². The van der Waals surface area contributed by atoms with Crippen LogP contribution in [0.3, 0.4) is 0 Å². The second-order valence-corrected chi connectivity index (χ2v) is 6.37. The number of hydrogen-bond donors (Lipinski definition) is 0. The van der Waals surface area contributed by atoms with Crippen LogP contribution in [0.25, 0.3) is 0 Å². The molecule has 0 aliphatic carbocycles. The molecule has 0 spiro atoms. The van der Waals surface area contributed by atoms with E-state index < -0.39 is 0 Å². The van der Waals surface area contributed by atoms with Crippen LogP contribution in [0.4, 0.5) is 0 Å². The van der Waals surface area contributed by atoms with Crippen molar-refractivity contribution in [1.82, 2.24) is 4.90 Å². The van der Waals surface area contributed by atoms with E-state index >= 15 is 0 Å². The second kappa shape index (κ2) is 4.85. The van der Waals surface area contributed by atoms with E-state index in [9.17, 15) is 4.79 Å². The van der Waals surface area contributed by atoms with Gasteiger partial charge < -0.3 is 9.64 Å². The summed E-state index contributed by atoms with van der Waals surface area (Å²) in [5.74, 6) is 0.119. The van der Waals surface area contributed by atoms with Crippen LogP contribution in [0, 0.1) is 6.92 Å². The summed E-state index contributed by atoms with van der Waals surface area (Å²) in [6, 6.07) is 1.94. The molecule has 0 radical (unpaired) electrons. The van der Waals surface area contributed by atoms with Gasteiger partial charge in [-0.25, -0.2) is 0 Å². The van der Waals surface area contributed by atoms with E-state index in [-0.39, 0.29) is 12.0 Å². The third kappa shape index (κ3) is 2.47. The van der Waals surface area contributed by atoms with Crippen molar-refractivity contribution in [3.8, 4) is 0 Å². The zero-order valence-electron chi connectivity index (χ0n) is 9.33. The Morgan fingerprint density at radius 3 is 3.00 bits per heavy atom. The number of nitrogens with zero attached hydrogens (tertiary/aromatic N) is 1. The van der Waals surface area contributed by atoms with E-state index in [0.717, 1.165) is 14.2 Å². The third-order valence-electron chi connectivity index (χ3n) is 2.60. The van der Waals surface area contributed by atoms with Gasteiger partial charge in [0.05, 0.1) is 21.4 Å². The molecule has 16 heavy (non-hydrogen) atoms. The van der Waals surface area contributed by atoms with Crippen molar-refractivity contribution in [2.45, 2.75) is 20.0 Å². The van der Waals surface area contributed by atoms with Crippen molar-refractivity contribution < 1.29 is 9.53 Å². The lowest BCUT2D eigenvalue weighted by atomic mass is 10.2. The first-order valence-corrected chi connectivity index (χ1v) is 6.85. The quantitative estimate of drug-likeness (QED) is 0.798. The first kappa shape index (κ1) is 12.1. The van der Waals surface area contributed by atoms with Gasteiger partial charge in [0.2, 0.25) is 0 Å². The van der Waals surface area contributed by atoms with E-state index in [0.29, 0.717) is 19.7 Å². The zero-order chi connectivity index (χ0) is 11.7. The summed E-state index contributed by atoms with van der Waals surface area (Å²) in [7, 11) is 0. The average Bonchev–Trinajstić information content (AvgIpc) is 2.58. The number of aryl methyl sites for hydroxylation is 1. The first-order chi connectivity index (χ1) is 7.58. The first-order valence-electron chi connectivity index (χ1n) is 5.24.